The molecule has 7 rings (SSSR count). The lowest BCUT2D eigenvalue weighted by molar-refractivity contribution is 0.306. The van der Waals surface area contributed by atoms with Crippen molar-refractivity contribution in [3.63, 3.8) is 0 Å². The summed E-state index contributed by atoms with van der Waals surface area (Å²) in [5, 5.41) is 0.709. The predicted octanol–water partition coefficient (Wildman–Crippen LogP) is 12.7. The van der Waals surface area contributed by atoms with Gasteiger partial charge < -0.3 is 4.74 Å². The Hall–Kier alpha value is -3.81. The summed E-state index contributed by atoms with van der Waals surface area (Å²) in [6, 6.07) is 34.2. The van der Waals surface area contributed by atoms with E-state index in [1.54, 1.807) is 5.57 Å². The maximum absolute atomic E-state index is 6.53. The fraction of sp³-hybridized carbons (Fsp3) is 0.302. The van der Waals surface area contributed by atoms with Crippen LogP contribution in [0.1, 0.15) is 104 Å². The summed E-state index contributed by atoms with van der Waals surface area (Å²) in [5.74, 6) is 1.81. The quantitative estimate of drug-likeness (QED) is 0.210. The van der Waals surface area contributed by atoms with Crippen LogP contribution < -0.4 is 4.74 Å². The molecule has 0 bridgehead atoms. The molecule has 2 heteroatoms. The lowest BCUT2D eigenvalue weighted by atomic mass is 9.76. The highest BCUT2D eigenvalue weighted by atomic mass is 35.5. The summed E-state index contributed by atoms with van der Waals surface area (Å²) in [5.41, 5.74) is 11.3. The molecule has 0 saturated carbocycles. The third kappa shape index (κ3) is 8.27. The zero-order valence-electron chi connectivity index (χ0n) is 27.0. The zero-order valence-corrected chi connectivity index (χ0v) is 27.7. The van der Waals surface area contributed by atoms with E-state index < -0.39 is 0 Å². The average Bonchev–Trinajstić information content (AvgIpc) is 3.12. The lowest BCUT2D eigenvalue weighted by Crippen LogP contribution is -2.12. The van der Waals surface area contributed by atoms with Crippen molar-refractivity contribution in [3.05, 3.63) is 165 Å². The van der Waals surface area contributed by atoms with Gasteiger partial charge in [-0.05, 0) is 102 Å². The van der Waals surface area contributed by atoms with Gasteiger partial charge in [-0.3, -0.25) is 0 Å². The number of ether oxygens (including phenoxy) is 1. The molecule has 0 saturated heterocycles. The monoisotopic (exact) mass is 614 g/mol. The standard InChI is InChI=1S/C23H23ClO.C18H18.C2H6/c24-22-15-19(21-12-6-10-18-9-4-5-11-20(18)21)13-14-23(22)25-16-17-7-2-1-3-8-17;1-2-14-7-5-10-16(13-14)18-12-6-9-15-8-3-4-11-17(15)18;1-2/h1-3,5,7-8,11,13-15,21H,4,6,9-10,12,16H2;2-5,7-8,10-11,13,18H,1,6,9,12H2;1-2H3. The second-order valence-electron chi connectivity index (χ2n) is 11.9. The Balaban J connectivity index is 0.000000177. The van der Waals surface area contributed by atoms with Gasteiger partial charge in [0.1, 0.15) is 12.4 Å². The first-order valence-corrected chi connectivity index (χ1v) is 17.2. The van der Waals surface area contributed by atoms with Crippen molar-refractivity contribution >= 4 is 17.7 Å². The Morgan fingerprint density at radius 3 is 2.36 bits per heavy atom. The highest BCUT2D eigenvalue weighted by Gasteiger charge is 2.25. The van der Waals surface area contributed by atoms with Gasteiger partial charge in [-0.15, -0.1) is 0 Å². The van der Waals surface area contributed by atoms with Gasteiger partial charge in [-0.1, -0.05) is 141 Å². The minimum Gasteiger partial charge on any atom is -0.487 e. The Morgan fingerprint density at radius 1 is 0.778 bits per heavy atom. The molecule has 1 nitrogen and oxygen atoms in total. The summed E-state index contributed by atoms with van der Waals surface area (Å²) in [6.45, 7) is 8.40. The highest BCUT2D eigenvalue weighted by molar-refractivity contribution is 6.32. The largest absolute Gasteiger partial charge is 0.487 e. The van der Waals surface area contributed by atoms with Crippen LogP contribution in [0, 0.1) is 0 Å². The number of rotatable bonds is 6. The van der Waals surface area contributed by atoms with Crippen LogP contribution in [-0.4, -0.2) is 0 Å². The fourth-order valence-electron chi connectivity index (χ4n) is 6.97. The molecule has 0 N–H and O–H groups in total. The predicted molar refractivity (Wildman–Crippen MR) is 193 cm³/mol. The van der Waals surface area contributed by atoms with E-state index in [2.05, 4.69) is 91.5 Å². The smallest absolute Gasteiger partial charge is 0.138 e. The van der Waals surface area contributed by atoms with E-state index in [0.29, 0.717) is 23.5 Å². The van der Waals surface area contributed by atoms with Crippen molar-refractivity contribution in [2.75, 3.05) is 0 Å². The summed E-state index contributed by atoms with van der Waals surface area (Å²) in [6.07, 6.45) is 16.6. The number of allylic oxidation sites excluding steroid dienone is 4. The third-order valence-corrected chi connectivity index (χ3v) is 9.47. The molecule has 0 heterocycles. The summed E-state index contributed by atoms with van der Waals surface area (Å²) < 4.78 is 5.91. The summed E-state index contributed by atoms with van der Waals surface area (Å²) >= 11 is 6.53. The van der Waals surface area contributed by atoms with Crippen LogP contribution in [0.5, 0.6) is 5.75 Å². The van der Waals surface area contributed by atoms with Gasteiger partial charge in [0.05, 0.1) is 5.02 Å². The van der Waals surface area contributed by atoms with E-state index in [-0.39, 0.29) is 0 Å². The minimum absolute atomic E-state index is 0.487. The van der Waals surface area contributed by atoms with Gasteiger partial charge in [0.15, 0.2) is 0 Å². The number of hydrogen-bond acceptors (Lipinski definition) is 1. The summed E-state index contributed by atoms with van der Waals surface area (Å²) in [4.78, 5) is 0. The molecule has 4 aromatic carbocycles. The molecule has 0 amide bonds. The number of halogens is 1. The highest BCUT2D eigenvalue weighted by Crippen LogP contribution is 2.43. The van der Waals surface area contributed by atoms with Crippen LogP contribution in [0.25, 0.3) is 6.08 Å². The topological polar surface area (TPSA) is 9.23 Å². The molecule has 0 fully saturated rings. The molecule has 0 aromatic heterocycles. The van der Waals surface area contributed by atoms with Crippen LogP contribution in [0.4, 0.5) is 0 Å². The molecular formula is C43H47ClO. The molecular weight excluding hydrogens is 568 g/mol. The molecule has 0 radical (unpaired) electrons. The van der Waals surface area contributed by atoms with Crippen molar-refractivity contribution < 1.29 is 4.74 Å². The number of aryl methyl sites for hydroxylation is 1. The van der Waals surface area contributed by atoms with Gasteiger partial charge in [0.25, 0.3) is 0 Å². The first-order valence-electron chi connectivity index (χ1n) is 16.8. The fourth-order valence-corrected chi connectivity index (χ4v) is 7.22. The number of hydrogen-bond donors (Lipinski definition) is 0. The van der Waals surface area contributed by atoms with E-state index >= 15 is 0 Å². The third-order valence-electron chi connectivity index (χ3n) is 9.18. The SMILES string of the molecule is C=Cc1cccc(C2CCCc3ccccc32)c1.CC.Clc1cc(C2CCCC3=C2C=CCC3)ccc1OCc1ccccc1. The second-order valence-corrected chi connectivity index (χ2v) is 12.3. The van der Waals surface area contributed by atoms with Crippen molar-refractivity contribution in [1.82, 2.24) is 0 Å². The lowest BCUT2D eigenvalue weighted by Gasteiger charge is -2.29. The van der Waals surface area contributed by atoms with Crippen LogP contribution in [0.2, 0.25) is 5.02 Å². The van der Waals surface area contributed by atoms with E-state index in [1.165, 1.54) is 84.8 Å². The van der Waals surface area contributed by atoms with E-state index in [9.17, 15) is 0 Å². The molecule has 232 valence electrons. The second kappa shape index (κ2) is 16.5. The van der Waals surface area contributed by atoms with E-state index in [4.69, 9.17) is 16.3 Å². The van der Waals surface area contributed by atoms with Crippen LogP contribution in [0.15, 0.2) is 127 Å². The zero-order chi connectivity index (χ0) is 31.4. The Kier molecular flexibility index (Phi) is 11.9. The molecule has 45 heavy (non-hydrogen) atoms. The number of fused-ring (bicyclic) bond motifs is 1. The van der Waals surface area contributed by atoms with Crippen LogP contribution in [0.3, 0.4) is 0 Å². The molecule has 4 aromatic rings. The molecule has 0 spiro atoms. The van der Waals surface area contributed by atoms with Crippen LogP contribution in [-0.2, 0) is 13.0 Å². The Morgan fingerprint density at radius 2 is 1.53 bits per heavy atom. The van der Waals surface area contributed by atoms with Crippen molar-refractivity contribution in [2.45, 2.75) is 83.7 Å². The van der Waals surface area contributed by atoms with Crippen molar-refractivity contribution in [1.29, 1.82) is 0 Å². The van der Waals surface area contributed by atoms with Crippen molar-refractivity contribution in [2.24, 2.45) is 0 Å². The van der Waals surface area contributed by atoms with Gasteiger partial charge >= 0.3 is 0 Å². The van der Waals surface area contributed by atoms with Gasteiger partial charge in [-0.2, -0.15) is 0 Å². The van der Waals surface area contributed by atoms with Gasteiger partial charge in [0.2, 0.25) is 0 Å². The minimum atomic E-state index is 0.487. The maximum atomic E-state index is 6.53. The van der Waals surface area contributed by atoms with Crippen molar-refractivity contribution in [3.8, 4) is 5.75 Å². The molecule has 3 aliphatic rings. The first kappa shape index (κ1) is 32.6. The average molecular weight is 615 g/mol. The van der Waals surface area contributed by atoms with Gasteiger partial charge in [0, 0.05) is 11.8 Å². The molecule has 3 aliphatic carbocycles. The summed E-state index contributed by atoms with van der Waals surface area (Å²) in [7, 11) is 0. The first-order chi connectivity index (χ1) is 22.2. The molecule has 2 unspecified atom stereocenters. The Labute approximate surface area is 276 Å². The van der Waals surface area contributed by atoms with Crippen LogP contribution >= 0.6 is 11.6 Å². The van der Waals surface area contributed by atoms with E-state index in [0.717, 1.165) is 11.3 Å². The Bertz CT molecular complexity index is 1610. The maximum Gasteiger partial charge on any atom is 0.138 e. The van der Waals surface area contributed by atoms with Gasteiger partial charge in [-0.25, -0.2) is 0 Å². The molecule has 0 aliphatic heterocycles. The van der Waals surface area contributed by atoms with E-state index in [1.807, 2.05) is 44.2 Å². The normalized spacial score (nSPS) is 18.3. The number of benzene rings is 4. The molecule has 2 atom stereocenters.